The van der Waals surface area contributed by atoms with Crippen LogP contribution in [0.15, 0.2) is 48.5 Å². The Balaban J connectivity index is 1.50. The number of nitrogens with two attached hydrogens (primary N) is 1. The topological polar surface area (TPSA) is 77.7 Å². The van der Waals surface area contributed by atoms with Crippen molar-refractivity contribution in [2.45, 2.75) is 31.6 Å². The van der Waals surface area contributed by atoms with Crippen molar-refractivity contribution in [3.05, 3.63) is 59.8 Å². The summed E-state index contributed by atoms with van der Waals surface area (Å²) in [5, 5.41) is 0.920. The number of carbonyl (C=O) groups is 1. The number of rotatable bonds is 5. The van der Waals surface area contributed by atoms with Gasteiger partial charge in [0.05, 0.1) is 37.0 Å². The summed E-state index contributed by atoms with van der Waals surface area (Å²) >= 11 is 0. The van der Waals surface area contributed by atoms with Crippen LogP contribution in [0.25, 0.3) is 10.9 Å². The second kappa shape index (κ2) is 8.84. The third-order valence-electron chi connectivity index (χ3n) is 6.24. The molecule has 1 fully saturated rings. The van der Waals surface area contributed by atoms with E-state index in [0.29, 0.717) is 30.3 Å². The number of anilines is 1. The molecule has 2 aromatic carbocycles. The Morgan fingerprint density at radius 1 is 1.06 bits per heavy atom. The van der Waals surface area contributed by atoms with Crippen LogP contribution in [0.2, 0.25) is 0 Å². The molecule has 1 aromatic heterocycles. The van der Waals surface area contributed by atoms with Crippen LogP contribution in [0.1, 0.15) is 42.9 Å². The fraction of sp³-hybridized carbons (Fsp3) is 0.360. The normalized spacial score (nSPS) is 15.6. The third kappa shape index (κ3) is 4.15. The molecule has 6 nitrogen and oxygen atoms in total. The van der Waals surface area contributed by atoms with Gasteiger partial charge in [-0.15, -0.1) is 0 Å². The number of nitrogens with zero attached hydrogens (tertiary/aromatic N) is 2. The SMILES string of the molecule is COc1cc2cc(N)c(C3CCN(C(=O)C(C)c4ccccc4)CC3)nc2cc1OC. The zero-order valence-corrected chi connectivity index (χ0v) is 18.3. The number of fused-ring (bicyclic) bond motifs is 1. The lowest BCUT2D eigenvalue weighted by Gasteiger charge is -2.34. The lowest BCUT2D eigenvalue weighted by atomic mass is 9.90. The predicted molar refractivity (Wildman–Crippen MR) is 123 cm³/mol. The average Bonchev–Trinajstić information content (AvgIpc) is 2.82. The van der Waals surface area contributed by atoms with Crippen LogP contribution >= 0.6 is 0 Å². The number of ether oxygens (including phenoxy) is 2. The molecule has 1 unspecified atom stereocenters. The number of hydrogen-bond acceptors (Lipinski definition) is 5. The van der Waals surface area contributed by atoms with Crippen molar-refractivity contribution in [3.8, 4) is 11.5 Å². The molecule has 0 aliphatic carbocycles. The van der Waals surface area contributed by atoms with Crippen molar-refractivity contribution in [3.63, 3.8) is 0 Å². The highest BCUT2D eigenvalue weighted by Crippen LogP contribution is 2.36. The summed E-state index contributed by atoms with van der Waals surface area (Å²) in [6.45, 7) is 3.41. The van der Waals surface area contributed by atoms with Gasteiger partial charge in [-0.3, -0.25) is 9.78 Å². The van der Waals surface area contributed by atoms with Gasteiger partial charge in [0.15, 0.2) is 11.5 Å². The van der Waals surface area contributed by atoms with Crippen LogP contribution < -0.4 is 15.2 Å². The number of hydrogen-bond donors (Lipinski definition) is 1. The van der Waals surface area contributed by atoms with Gasteiger partial charge in [0.25, 0.3) is 0 Å². The highest BCUT2D eigenvalue weighted by molar-refractivity contribution is 5.86. The summed E-state index contributed by atoms with van der Waals surface area (Å²) in [5.41, 5.74) is 9.86. The van der Waals surface area contributed by atoms with E-state index in [1.807, 2.05) is 60.4 Å². The van der Waals surface area contributed by atoms with Gasteiger partial charge in [0.2, 0.25) is 5.91 Å². The maximum Gasteiger partial charge on any atom is 0.229 e. The van der Waals surface area contributed by atoms with Gasteiger partial charge >= 0.3 is 0 Å². The molecule has 2 N–H and O–H groups in total. The minimum atomic E-state index is -0.135. The van der Waals surface area contributed by atoms with Crippen molar-refractivity contribution < 1.29 is 14.3 Å². The summed E-state index contributed by atoms with van der Waals surface area (Å²) < 4.78 is 10.8. The molecule has 1 aliphatic heterocycles. The molecule has 31 heavy (non-hydrogen) atoms. The van der Waals surface area contributed by atoms with E-state index in [2.05, 4.69) is 0 Å². The summed E-state index contributed by atoms with van der Waals surface area (Å²) in [7, 11) is 3.23. The van der Waals surface area contributed by atoms with E-state index in [-0.39, 0.29) is 17.7 Å². The number of amides is 1. The Kier molecular flexibility index (Phi) is 5.98. The number of aromatic nitrogens is 1. The number of carbonyl (C=O) groups excluding carboxylic acids is 1. The Labute approximate surface area is 183 Å². The predicted octanol–water partition coefficient (Wildman–Crippen LogP) is 4.34. The van der Waals surface area contributed by atoms with Gasteiger partial charge in [-0.2, -0.15) is 0 Å². The molecule has 2 heterocycles. The number of likely N-dealkylation sites (tertiary alicyclic amines) is 1. The molecular weight excluding hydrogens is 390 g/mol. The van der Waals surface area contributed by atoms with Crippen molar-refractivity contribution in [1.82, 2.24) is 9.88 Å². The molecule has 1 atom stereocenters. The highest BCUT2D eigenvalue weighted by atomic mass is 16.5. The van der Waals surface area contributed by atoms with E-state index < -0.39 is 0 Å². The van der Waals surface area contributed by atoms with E-state index in [1.165, 1.54) is 0 Å². The number of pyridine rings is 1. The number of benzene rings is 2. The lowest BCUT2D eigenvalue weighted by Crippen LogP contribution is -2.40. The molecule has 0 radical (unpaired) electrons. The van der Waals surface area contributed by atoms with E-state index in [1.54, 1.807) is 14.2 Å². The number of methoxy groups -OCH3 is 2. The van der Waals surface area contributed by atoms with Crippen LogP contribution in [0.3, 0.4) is 0 Å². The van der Waals surface area contributed by atoms with Crippen LogP contribution in [-0.4, -0.2) is 43.1 Å². The van der Waals surface area contributed by atoms with Crippen molar-refractivity contribution in [2.75, 3.05) is 33.0 Å². The number of nitrogen functional groups attached to an aromatic ring is 1. The Morgan fingerprint density at radius 3 is 2.35 bits per heavy atom. The van der Waals surface area contributed by atoms with Crippen molar-refractivity contribution in [2.24, 2.45) is 0 Å². The molecule has 1 amide bonds. The van der Waals surface area contributed by atoms with Gasteiger partial charge in [-0.25, -0.2) is 0 Å². The molecule has 0 saturated carbocycles. The fourth-order valence-electron chi connectivity index (χ4n) is 4.39. The summed E-state index contributed by atoms with van der Waals surface area (Å²) in [5.74, 6) is 1.58. The summed E-state index contributed by atoms with van der Waals surface area (Å²) in [4.78, 5) is 19.8. The molecule has 6 heteroatoms. The van der Waals surface area contributed by atoms with Gasteiger partial charge in [0.1, 0.15) is 0 Å². The Hall–Kier alpha value is -3.28. The molecule has 0 spiro atoms. The molecule has 1 aliphatic rings. The molecule has 1 saturated heterocycles. The molecule has 4 rings (SSSR count). The van der Waals surface area contributed by atoms with Crippen molar-refractivity contribution >= 4 is 22.5 Å². The minimum absolute atomic E-state index is 0.135. The van der Waals surface area contributed by atoms with Crippen LogP contribution in [-0.2, 0) is 4.79 Å². The maximum atomic E-state index is 13.0. The van der Waals surface area contributed by atoms with Gasteiger partial charge in [-0.1, -0.05) is 30.3 Å². The zero-order valence-electron chi connectivity index (χ0n) is 18.3. The van der Waals surface area contributed by atoms with Crippen LogP contribution in [0.5, 0.6) is 11.5 Å². The highest BCUT2D eigenvalue weighted by Gasteiger charge is 2.29. The second-order valence-electron chi connectivity index (χ2n) is 8.09. The monoisotopic (exact) mass is 419 g/mol. The first-order valence-corrected chi connectivity index (χ1v) is 10.7. The summed E-state index contributed by atoms with van der Waals surface area (Å²) in [6, 6.07) is 15.7. The Bertz CT molecular complexity index is 1080. The maximum absolute atomic E-state index is 13.0. The van der Waals surface area contributed by atoms with E-state index in [9.17, 15) is 4.79 Å². The average molecular weight is 420 g/mol. The lowest BCUT2D eigenvalue weighted by molar-refractivity contribution is -0.133. The molecule has 3 aromatic rings. The first-order valence-electron chi connectivity index (χ1n) is 10.7. The molecule has 0 bridgehead atoms. The Morgan fingerprint density at radius 2 is 1.71 bits per heavy atom. The largest absolute Gasteiger partial charge is 0.493 e. The van der Waals surface area contributed by atoms with E-state index in [4.69, 9.17) is 20.2 Å². The summed E-state index contributed by atoms with van der Waals surface area (Å²) in [6.07, 6.45) is 1.70. The van der Waals surface area contributed by atoms with Gasteiger partial charge in [0, 0.05) is 30.5 Å². The van der Waals surface area contributed by atoms with Gasteiger partial charge in [-0.05, 0) is 37.5 Å². The van der Waals surface area contributed by atoms with Crippen LogP contribution in [0, 0.1) is 0 Å². The van der Waals surface area contributed by atoms with Crippen LogP contribution in [0.4, 0.5) is 5.69 Å². The number of piperidine rings is 1. The molecular formula is C25H29N3O3. The fourth-order valence-corrected chi connectivity index (χ4v) is 4.39. The first-order chi connectivity index (χ1) is 15.0. The molecule has 162 valence electrons. The smallest absolute Gasteiger partial charge is 0.229 e. The van der Waals surface area contributed by atoms with E-state index in [0.717, 1.165) is 35.0 Å². The standard InChI is InChI=1S/C25H29N3O3/c1-16(17-7-5-4-6-8-17)25(29)28-11-9-18(10-12-28)24-20(26)13-19-14-22(30-2)23(31-3)15-21(19)27-24/h4-8,13-16,18H,9-12,26H2,1-3H3. The third-order valence-corrected chi connectivity index (χ3v) is 6.24. The first kappa shape index (κ1) is 21.0. The zero-order chi connectivity index (χ0) is 22.0. The second-order valence-corrected chi connectivity index (χ2v) is 8.09. The quantitative estimate of drug-likeness (QED) is 0.665. The van der Waals surface area contributed by atoms with Gasteiger partial charge < -0.3 is 20.1 Å². The van der Waals surface area contributed by atoms with E-state index >= 15 is 0 Å². The minimum Gasteiger partial charge on any atom is -0.493 e. The van der Waals surface area contributed by atoms with Crippen molar-refractivity contribution in [1.29, 1.82) is 0 Å².